The zero-order valence-electron chi connectivity index (χ0n) is 11.4. The molecule has 1 aliphatic heterocycles. The molecule has 0 aromatic carbocycles. The molecule has 1 saturated heterocycles. The smallest absolute Gasteiger partial charge is 0.224 e. The van der Waals surface area contributed by atoms with Gasteiger partial charge in [-0.25, -0.2) is 4.98 Å². The number of hydrogen-bond donors (Lipinski definition) is 0. The fourth-order valence-corrected chi connectivity index (χ4v) is 3.15. The minimum atomic E-state index is 0.320. The molecule has 1 fully saturated rings. The van der Waals surface area contributed by atoms with Crippen LogP contribution in [0.2, 0.25) is 5.28 Å². The van der Waals surface area contributed by atoms with E-state index in [2.05, 4.69) is 20.2 Å². The molecule has 104 valence electrons. The molecule has 0 radical (unpaired) electrons. The number of thiophene rings is 1. The number of aromatic nitrogens is 2. The van der Waals surface area contributed by atoms with E-state index < -0.39 is 0 Å². The van der Waals surface area contributed by atoms with Crippen LogP contribution in [-0.4, -0.2) is 36.3 Å². The molecule has 3 rings (SSSR count). The number of halogens is 1. The van der Waals surface area contributed by atoms with E-state index in [0.29, 0.717) is 5.28 Å². The molecular formula is C13H18ClN3OS. The number of rotatable bonds is 1. The van der Waals surface area contributed by atoms with Gasteiger partial charge in [-0.1, -0.05) is 13.8 Å². The van der Waals surface area contributed by atoms with Crippen molar-refractivity contribution >= 4 is 39.0 Å². The average molecular weight is 300 g/mol. The molecule has 0 N–H and O–H groups in total. The van der Waals surface area contributed by atoms with Crippen LogP contribution >= 0.6 is 22.9 Å². The Hall–Kier alpha value is -0.910. The van der Waals surface area contributed by atoms with Crippen molar-refractivity contribution in [3.8, 4) is 0 Å². The monoisotopic (exact) mass is 299 g/mol. The second kappa shape index (κ2) is 6.50. The maximum absolute atomic E-state index is 6.00. The Morgan fingerprint density at radius 1 is 1.26 bits per heavy atom. The lowest BCUT2D eigenvalue weighted by Crippen LogP contribution is -2.36. The SMILES string of the molecule is CC.Cc1csc2c(N3CCOCC3)nc(Cl)nc12. The van der Waals surface area contributed by atoms with Crippen molar-refractivity contribution in [1.29, 1.82) is 0 Å². The van der Waals surface area contributed by atoms with Gasteiger partial charge in [0.05, 0.1) is 23.4 Å². The Labute approximate surface area is 122 Å². The lowest BCUT2D eigenvalue weighted by Gasteiger charge is -2.28. The van der Waals surface area contributed by atoms with Gasteiger partial charge in [0.1, 0.15) is 0 Å². The van der Waals surface area contributed by atoms with Crippen LogP contribution in [0.4, 0.5) is 5.82 Å². The Balaban J connectivity index is 0.000000637. The van der Waals surface area contributed by atoms with E-state index in [9.17, 15) is 0 Å². The Morgan fingerprint density at radius 2 is 1.95 bits per heavy atom. The molecule has 1 aliphatic rings. The van der Waals surface area contributed by atoms with E-state index in [1.165, 1.54) is 0 Å². The molecular weight excluding hydrogens is 282 g/mol. The summed E-state index contributed by atoms with van der Waals surface area (Å²) in [4.78, 5) is 10.9. The molecule has 0 saturated carbocycles. The third kappa shape index (κ3) is 2.99. The van der Waals surface area contributed by atoms with Gasteiger partial charge in [-0.15, -0.1) is 11.3 Å². The highest BCUT2D eigenvalue weighted by molar-refractivity contribution is 7.18. The normalized spacial score (nSPS) is 15.3. The first-order valence-corrected chi connectivity index (χ1v) is 7.75. The molecule has 3 heterocycles. The predicted octanol–water partition coefficient (Wildman–Crippen LogP) is 3.52. The molecule has 0 atom stereocenters. The summed E-state index contributed by atoms with van der Waals surface area (Å²) >= 11 is 7.67. The van der Waals surface area contributed by atoms with Gasteiger partial charge in [0.2, 0.25) is 5.28 Å². The van der Waals surface area contributed by atoms with E-state index in [-0.39, 0.29) is 0 Å². The fourth-order valence-electron chi connectivity index (χ4n) is 1.98. The van der Waals surface area contributed by atoms with Crippen LogP contribution in [-0.2, 0) is 4.74 Å². The average Bonchev–Trinajstić information content (AvgIpc) is 2.83. The van der Waals surface area contributed by atoms with Gasteiger partial charge >= 0.3 is 0 Å². The van der Waals surface area contributed by atoms with Crippen molar-refractivity contribution in [2.45, 2.75) is 20.8 Å². The summed E-state index contributed by atoms with van der Waals surface area (Å²) < 4.78 is 6.47. The topological polar surface area (TPSA) is 38.2 Å². The fraction of sp³-hybridized carbons (Fsp3) is 0.538. The highest BCUT2D eigenvalue weighted by Crippen LogP contribution is 2.32. The third-order valence-corrected chi connectivity index (χ3v) is 4.11. The summed E-state index contributed by atoms with van der Waals surface area (Å²) in [6, 6.07) is 0. The highest BCUT2D eigenvalue weighted by atomic mass is 35.5. The van der Waals surface area contributed by atoms with Gasteiger partial charge in [0.15, 0.2) is 5.82 Å². The number of morpholine rings is 1. The standard InChI is InChI=1S/C11H12ClN3OS.C2H6/c1-7-6-17-9-8(7)13-11(12)14-10(9)15-2-4-16-5-3-15;1-2/h6H,2-5H2,1H3;1-2H3. The zero-order valence-corrected chi connectivity index (χ0v) is 13.0. The molecule has 0 unspecified atom stereocenters. The molecule has 6 heteroatoms. The van der Waals surface area contributed by atoms with Crippen LogP contribution in [0.15, 0.2) is 5.38 Å². The number of fused-ring (bicyclic) bond motifs is 1. The van der Waals surface area contributed by atoms with Gasteiger partial charge in [0, 0.05) is 13.1 Å². The first-order chi connectivity index (χ1) is 9.25. The van der Waals surface area contributed by atoms with Gasteiger partial charge < -0.3 is 9.64 Å². The van der Waals surface area contributed by atoms with Gasteiger partial charge in [-0.05, 0) is 29.5 Å². The summed E-state index contributed by atoms with van der Waals surface area (Å²) in [5.41, 5.74) is 2.13. The van der Waals surface area contributed by atoms with Crippen LogP contribution in [0.1, 0.15) is 19.4 Å². The van der Waals surface area contributed by atoms with E-state index in [0.717, 1.165) is 47.9 Å². The third-order valence-electron chi connectivity index (χ3n) is 2.86. The molecule has 0 aliphatic carbocycles. The first kappa shape index (κ1) is 14.5. The quantitative estimate of drug-likeness (QED) is 0.755. The molecule has 2 aromatic heterocycles. The second-order valence-corrected chi connectivity index (χ2v) is 5.23. The van der Waals surface area contributed by atoms with Crippen molar-refractivity contribution in [2.75, 3.05) is 31.2 Å². The summed E-state index contributed by atoms with van der Waals surface area (Å²) in [6.45, 7) is 9.25. The summed E-state index contributed by atoms with van der Waals surface area (Å²) in [6.07, 6.45) is 0. The van der Waals surface area contributed by atoms with Crippen molar-refractivity contribution < 1.29 is 4.74 Å². The number of ether oxygens (including phenoxy) is 1. The van der Waals surface area contributed by atoms with Crippen molar-refractivity contribution in [3.05, 3.63) is 16.2 Å². The van der Waals surface area contributed by atoms with Gasteiger partial charge in [0.25, 0.3) is 0 Å². The maximum atomic E-state index is 6.00. The molecule has 0 amide bonds. The minimum absolute atomic E-state index is 0.320. The highest BCUT2D eigenvalue weighted by Gasteiger charge is 2.18. The lowest BCUT2D eigenvalue weighted by molar-refractivity contribution is 0.122. The van der Waals surface area contributed by atoms with Crippen LogP contribution in [0, 0.1) is 6.92 Å². The van der Waals surface area contributed by atoms with E-state index in [1.54, 1.807) is 11.3 Å². The number of nitrogens with zero attached hydrogens (tertiary/aromatic N) is 3. The molecule has 0 spiro atoms. The predicted molar refractivity (Wildman–Crippen MR) is 81.5 cm³/mol. The summed E-state index contributed by atoms with van der Waals surface area (Å²) in [5, 5.41) is 2.42. The van der Waals surface area contributed by atoms with Gasteiger partial charge in [-0.3, -0.25) is 0 Å². The van der Waals surface area contributed by atoms with Crippen molar-refractivity contribution in [2.24, 2.45) is 0 Å². The summed E-state index contributed by atoms with van der Waals surface area (Å²) in [7, 11) is 0. The molecule has 2 aromatic rings. The maximum Gasteiger partial charge on any atom is 0.224 e. The van der Waals surface area contributed by atoms with E-state index >= 15 is 0 Å². The molecule has 0 bridgehead atoms. The van der Waals surface area contributed by atoms with E-state index in [4.69, 9.17) is 16.3 Å². The van der Waals surface area contributed by atoms with Crippen molar-refractivity contribution in [3.63, 3.8) is 0 Å². The number of aryl methyl sites for hydroxylation is 1. The lowest BCUT2D eigenvalue weighted by atomic mass is 10.3. The van der Waals surface area contributed by atoms with Crippen LogP contribution in [0.3, 0.4) is 0 Å². The number of anilines is 1. The van der Waals surface area contributed by atoms with Gasteiger partial charge in [-0.2, -0.15) is 4.98 Å². The summed E-state index contributed by atoms with van der Waals surface area (Å²) in [5.74, 6) is 0.946. The van der Waals surface area contributed by atoms with Crippen LogP contribution < -0.4 is 4.90 Å². The van der Waals surface area contributed by atoms with Crippen molar-refractivity contribution in [1.82, 2.24) is 9.97 Å². The van der Waals surface area contributed by atoms with Crippen LogP contribution in [0.25, 0.3) is 10.2 Å². The van der Waals surface area contributed by atoms with Crippen LogP contribution in [0.5, 0.6) is 0 Å². The largest absolute Gasteiger partial charge is 0.378 e. The first-order valence-electron chi connectivity index (χ1n) is 6.50. The minimum Gasteiger partial charge on any atom is -0.378 e. The number of hydrogen-bond acceptors (Lipinski definition) is 5. The Kier molecular flexibility index (Phi) is 4.96. The molecule has 4 nitrogen and oxygen atoms in total. The zero-order chi connectivity index (χ0) is 13.8. The Bertz CT molecular complexity index is 552. The molecule has 19 heavy (non-hydrogen) atoms. The van der Waals surface area contributed by atoms with E-state index in [1.807, 2.05) is 20.8 Å². The second-order valence-electron chi connectivity index (χ2n) is 4.01. The Morgan fingerprint density at radius 3 is 2.63 bits per heavy atom.